The first kappa shape index (κ1) is 67.2. The van der Waals surface area contributed by atoms with Crippen LogP contribution in [-0.4, -0.2) is 213 Å². The summed E-state index contributed by atoms with van der Waals surface area (Å²) < 4.78 is 0. The van der Waals surface area contributed by atoms with Crippen LogP contribution in [0.25, 0.3) is 0 Å². The van der Waals surface area contributed by atoms with E-state index in [0.717, 1.165) is 4.90 Å². The zero-order valence-electron chi connectivity index (χ0n) is 43.1. The summed E-state index contributed by atoms with van der Waals surface area (Å²) in [7, 11) is 0. The molecule has 0 bridgehead atoms. The minimum atomic E-state index is -1.91. The Morgan fingerprint density at radius 2 is 0.911 bits per heavy atom. The number of aliphatic hydroxyl groups is 2. The summed E-state index contributed by atoms with van der Waals surface area (Å²) in [4.78, 5) is 187. The predicted molar refractivity (Wildman–Crippen MR) is 276 cm³/mol. The van der Waals surface area contributed by atoms with E-state index in [0.29, 0.717) is 6.42 Å². The van der Waals surface area contributed by atoms with E-state index < -0.39 is 194 Å². The van der Waals surface area contributed by atoms with Crippen molar-refractivity contribution in [2.45, 2.75) is 144 Å². The lowest BCUT2D eigenvalue weighted by atomic mass is 10.0. The first-order chi connectivity index (χ1) is 37.1. The molecule has 2 saturated heterocycles. The number of hydrogen-bond acceptors (Lipinski definition) is 19. The second-order valence-corrected chi connectivity index (χ2v) is 18.8. The van der Waals surface area contributed by atoms with Gasteiger partial charge >= 0.3 is 5.97 Å². The van der Waals surface area contributed by atoms with Gasteiger partial charge in [0.25, 0.3) is 0 Å². The largest absolute Gasteiger partial charge is 0.480 e. The fraction of sp³-hybridized carbons (Fsp3) is 0.659. The monoisotopic (exact) mass is 1140 g/mol. The van der Waals surface area contributed by atoms with E-state index in [4.69, 9.17) is 40.1 Å². The highest BCUT2D eigenvalue weighted by Gasteiger charge is 2.42. The number of amides is 13. The number of carboxylic acid groups (broad SMARTS) is 1. The molecule has 0 aromatic carbocycles. The zero-order valence-corrected chi connectivity index (χ0v) is 44.0. The van der Waals surface area contributed by atoms with Crippen LogP contribution in [0.4, 0.5) is 0 Å². The number of carbonyl (C=O) groups is 14. The van der Waals surface area contributed by atoms with Crippen molar-refractivity contribution in [3.05, 3.63) is 0 Å². The molecular weight excluding hydrogens is 1070 g/mol. The second-order valence-electron chi connectivity index (χ2n) is 18.4. The van der Waals surface area contributed by atoms with E-state index in [1.54, 1.807) is 0 Å². The number of rotatable bonds is 35. The molecule has 10 atom stereocenters. The summed E-state index contributed by atoms with van der Waals surface area (Å²) in [5.74, 6) is -15.1. The predicted octanol–water partition coefficient (Wildman–Crippen LogP) is -10.6. The summed E-state index contributed by atoms with van der Waals surface area (Å²) in [5, 5.41) is 44.7. The van der Waals surface area contributed by atoms with Gasteiger partial charge in [-0.1, -0.05) is 0 Å². The maximum atomic E-state index is 14.3. The number of aliphatic imine (C=N–C) groups is 1. The number of hydrogen-bond donors (Lipinski definition) is 18. The van der Waals surface area contributed by atoms with Gasteiger partial charge in [0.05, 0.1) is 25.7 Å². The van der Waals surface area contributed by atoms with E-state index >= 15 is 0 Å². The molecule has 13 amide bonds. The molecule has 0 aromatic rings. The molecule has 0 spiro atoms. The first-order valence-electron chi connectivity index (χ1n) is 24.9. The number of nitrogens with two attached hydrogens (primary N) is 7. The van der Waals surface area contributed by atoms with Gasteiger partial charge in [0.2, 0.25) is 76.8 Å². The van der Waals surface area contributed by atoms with E-state index in [2.05, 4.69) is 49.5 Å². The van der Waals surface area contributed by atoms with Gasteiger partial charge in [-0.25, -0.2) is 4.79 Å². The molecule has 2 aliphatic rings. The molecule has 2 aliphatic heterocycles. The zero-order chi connectivity index (χ0) is 59.7. The van der Waals surface area contributed by atoms with Crippen LogP contribution < -0.4 is 77.4 Å². The van der Waals surface area contributed by atoms with Crippen LogP contribution in [0.5, 0.6) is 0 Å². The number of carbonyl (C=O) groups excluding carboxylic acids is 13. The van der Waals surface area contributed by atoms with Crippen LogP contribution in [0.1, 0.15) is 83.5 Å². The topological polar surface area (TPSA) is 585 Å². The lowest BCUT2D eigenvalue weighted by Crippen LogP contribution is -2.61. The summed E-state index contributed by atoms with van der Waals surface area (Å²) in [5.41, 5.74) is 38.0. The number of thiol groups is 1. The molecule has 0 aliphatic carbocycles. The number of carboxylic acids is 1. The van der Waals surface area contributed by atoms with Crippen LogP contribution in [0.3, 0.4) is 0 Å². The maximum absolute atomic E-state index is 14.3. The number of likely N-dealkylation sites (tertiary alicyclic amines) is 2. The van der Waals surface area contributed by atoms with Crippen molar-refractivity contribution in [2.75, 3.05) is 38.6 Å². The van der Waals surface area contributed by atoms with Gasteiger partial charge in [0.1, 0.15) is 54.4 Å². The maximum Gasteiger partial charge on any atom is 0.328 e. The molecule has 2 rings (SSSR count). The van der Waals surface area contributed by atoms with Crippen molar-refractivity contribution in [1.82, 2.24) is 47.0 Å². The van der Waals surface area contributed by atoms with E-state index in [-0.39, 0.29) is 70.5 Å². The minimum Gasteiger partial charge on any atom is -0.480 e. The third-order valence-electron chi connectivity index (χ3n) is 12.3. The SMILES string of the molecule is NC(=O)CC[C@H](NC(=O)[C@@H]1CCCN1C(=O)[C@@H](N)CCC(N)=O)C(=O)N[C@@H](CCC(N)=O)C(=O)N1CCC[C@H]1C(=O)N[C@@H](CC(N)=O)C(=O)N[C@@H](CO)C(=O)N[C@@H](CCCN=C(N)N)C(=O)N[C@@H](CS)C(=O)N[C@@H](CO)C(=O)O. The Balaban J connectivity index is 2.34. The van der Waals surface area contributed by atoms with Crippen LogP contribution in [0.15, 0.2) is 4.99 Å². The van der Waals surface area contributed by atoms with Crippen LogP contribution in [0.2, 0.25) is 0 Å². The summed E-state index contributed by atoms with van der Waals surface area (Å²) in [6, 6.07) is -15.6. The summed E-state index contributed by atoms with van der Waals surface area (Å²) in [6.45, 7) is -2.26. The number of aliphatic carboxylic acids is 1. The summed E-state index contributed by atoms with van der Waals surface area (Å²) in [6.07, 6.45) is -2.65. The van der Waals surface area contributed by atoms with Crippen molar-refractivity contribution in [1.29, 1.82) is 0 Å². The highest BCUT2D eigenvalue weighted by atomic mass is 32.1. The van der Waals surface area contributed by atoms with Gasteiger partial charge in [-0.2, -0.15) is 12.6 Å². The number of aliphatic hydroxyl groups excluding tert-OH is 2. The highest BCUT2D eigenvalue weighted by molar-refractivity contribution is 7.80. The molecule has 0 aromatic heterocycles. The molecule has 0 saturated carbocycles. The van der Waals surface area contributed by atoms with Crippen LogP contribution in [-0.2, 0) is 67.1 Å². The minimum absolute atomic E-state index is 0.0141. The van der Waals surface area contributed by atoms with Gasteiger partial charge in [0.15, 0.2) is 5.96 Å². The quantitative estimate of drug-likeness (QED) is 0.0121. The Morgan fingerprint density at radius 3 is 1.39 bits per heavy atom. The molecule has 0 radical (unpaired) electrons. The molecule has 442 valence electrons. The standard InChI is InChI=1S/C44H73N17O17S/c45-20(7-10-30(46)64)41(75)60-14-2-5-28(60)39(73)54-22(8-11-31(47)65)35(69)55-23(9-12-32(48)66)42(76)61-15-3-6-29(61)40(74)56-24(16-33(49)67)36(70)57-25(17-62)37(71)53-21(4-1-13-52-44(50)51)34(68)59-27(19-79)38(72)58-26(18-63)43(77)78/h20-29,62-63,79H,1-19,45H2,(H2,46,64)(H2,47,65)(H2,48,66)(H2,49,67)(H,53,71)(H,54,73)(H,55,69)(H,56,74)(H,57,70)(H,58,72)(H,59,68)(H,77,78)(H4,50,51,52)/t20-,21-,22-,23-,24-,25-,26-,27-,28-,29-/m0/s1. The van der Waals surface area contributed by atoms with E-state index in [9.17, 15) is 82.4 Å². The Hall–Kier alpha value is -7.92. The van der Waals surface area contributed by atoms with Crippen molar-refractivity contribution < 1.29 is 82.4 Å². The van der Waals surface area contributed by atoms with Gasteiger partial charge < -0.3 is 102 Å². The average molecular weight is 1140 g/mol. The van der Waals surface area contributed by atoms with Gasteiger partial charge in [-0.15, -0.1) is 0 Å². The van der Waals surface area contributed by atoms with Crippen LogP contribution >= 0.6 is 12.6 Å². The molecule has 24 N–H and O–H groups in total. The molecule has 79 heavy (non-hydrogen) atoms. The fourth-order valence-electron chi connectivity index (χ4n) is 8.19. The Morgan fingerprint density at radius 1 is 0.506 bits per heavy atom. The molecular formula is C44H73N17O17S. The third-order valence-corrected chi connectivity index (χ3v) is 12.7. The Bertz CT molecular complexity index is 2290. The van der Waals surface area contributed by atoms with E-state index in [1.165, 1.54) is 4.90 Å². The van der Waals surface area contributed by atoms with Gasteiger partial charge in [-0.3, -0.25) is 67.3 Å². The van der Waals surface area contributed by atoms with Crippen molar-refractivity contribution >= 4 is 101 Å². The fourth-order valence-corrected chi connectivity index (χ4v) is 8.45. The molecule has 34 nitrogen and oxygen atoms in total. The second kappa shape index (κ2) is 33.4. The van der Waals surface area contributed by atoms with Crippen molar-refractivity contribution in [3.8, 4) is 0 Å². The first-order valence-corrected chi connectivity index (χ1v) is 25.5. The number of guanidine groups is 1. The Labute approximate surface area is 457 Å². The lowest BCUT2D eigenvalue weighted by molar-refractivity contribution is -0.143. The Kier molecular flexibility index (Phi) is 28.4. The van der Waals surface area contributed by atoms with E-state index in [1.807, 2.05) is 5.32 Å². The summed E-state index contributed by atoms with van der Waals surface area (Å²) >= 11 is 4.01. The lowest BCUT2D eigenvalue weighted by Gasteiger charge is -2.31. The number of primary amides is 4. The molecule has 0 unspecified atom stereocenters. The molecule has 2 fully saturated rings. The smallest absolute Gasteiger partial charge is 0.328 e. The highest BCUT2D eigenvalue weighted by Crippen LogP contribution is 2.22. The van der Waals surface area contributed by atoms with Crippen molar-refractivity contribution in [3.63, 3.8) is 0 Å². The number of nitrogens with zero attached hydrogens (tertiary/aromatic N) is 3. The van der Waals surface area contributed by atoms with Gasteiger partial charge in [-0.05, 0) is 57.8 Å². The normalized spacial score (nSPS) is 17.8. The number of nitrogens with one attached hydrogen (secondary N) is 7. The van der Waals surface area contributed by atoms with Crippen molar-refractivity contribution in [2.24, 2.45) is 45.1 Å². The van der Waals surface area contributed by atoms with Gasteiger partial charge in [0, 0.05) is 44.6 Å². The molecule has 2 heterocycles. The average Bonchev–Trinajstić information content (AvgIpc) is 4.10. The third kappa shape index (κ3) is 22.5. The molecule has 35 heteroatoms. The van der Waals surface area contributed by atoms with Crippen LogP contribution in [0, 0.1) is 0 Å².